The van der Waals surface area contributed by atoms with Crippen LogP contribution in [-0.4, -0.2) is 55.4 Å². The van der Waals surface area contributed by atoms with Gasteiger partial charge in [-0.25, -0.2) is 0 Å². The van der Waals surface area contributed by atoms with Gasteiger partial charge in [-0.05, 0) is 38.5 Å². The molecule has 0 unspecified atom stereocenters. The van der Waals surface area contributed by atoms with Crippen LogP contribution >= 0.6 is 0 Å². The normalized spacial score (nSPS) is 22.7. The highest BCUT2D eigenvalue weighted by atomic mass is 16.2. The second-order valence-corrected chi connectivity index (χ2v) is 7.94. The number of aromatic nitrogens is 4. The van der Waals surface area contributed by atoms with Gasteiger partial charge < -0.3 is 10.2 Å². The number of likely N-dealkylation sites (tertiary alicyclic amines) is 1. The molecule has 2 aromatic heterocycles. The summed E-state index contributed by atoms with van der Waals surface area (Å²) in [5.41, 5.74) is 1.23. The van der Waals surface area contributed by atoms with Gasteiger partial charge in [0.25, 0.3) is 11.8 Å². The lowest BCUT2D eigenvalue weighted by Gasteiger charge is -2.32. The van der Waals surface area contributed by atoms with E-state index >= 15 is 0 Å². The zero-order valence-corrected chi connectivity index (χ0v) is 15.3. The third-order valence-electron chi connectivity index (χ3n) is 5.60. The molecule has 8 nitrogen and oxygen atoms in total. The van der Waals surface area contributed by atoms with E-state index in [2.05, 4.69) is 15.5 Å². The average Bonchev–Trinajstić information content (AvgIpc) is 3.62. The summed E-state index contributed by atoms with van der Waals surface area (Å²) in [6, 6.07) is 0.903. The van der Waals surface area contributed by atoms with Crippen molar-refractivity contribution in [3.63, 3.8) is 0 Å². The van der Waals surface area contributed by atoms with Gasteiger partial charge in [-0.15, -0.1) is 0 Å². The van der Waals surface area contributed by atoms with Gasteiger partial charge in [0.05, 0.1) is 35.6 Å². The third-order valence-corrected chi connectivity index (χ3v) is 5.60. The Labute approximate surface area is 157 Å². The molecule has 1 saturated heterocycles. The van der Waals surface area contributed by atoms with Crippen LogP contribution in [0.15, 0.2) is 24.8 Å². The Morgan fingerprint density at radius 1 is 0.926 bits per heavy atom. The molecule has 27 heavy (non-hydrogen) atoms. The number of rotatable bonds is 5. The van der Waals surface area contributed by atoms with Gasteiger partial charge in [0.15, 0.2) is 0 Å². The summed E-state index contributed by atoms with van der Waals surface area (Å²) in [7, 11) is 0. The smallest absolute Gasteiger partial charge is 0.257 e. The van der Waals surface area contributed by atoms with E-state index in [1.165, 1.54) is 0 Å². The molecule has 1 aliphatic heterocycles. The molecule has 3 fully saturated rings. The minimum absolute atomic E-state index is 0.00222. The van der Waals surface area contributed by atoms with Crippen LogP contribution in [0.2, 0.25) is 0 Å². The quantitative estimate of drug-likeness (QED) is 0.872. The molecule has 8 heteroatoms. The molecule has 2 aromatic rings. The van der Waals surface area contributed by atoms with Crippen LogP contribution in [-0.2, 0) is 0 Å². The van der Waals surface area contributed by atoms with Gasteiger partial charge in [0.1, 0.15) is 0 Å². The van der Waals surface area contributed by atoms with E-state index in [1.807, 2.05) is 26.7 Å². The largest absolute Gasteiger partial charge is 0.347 e. The summed E-state index contributed by atoms with van der Waals surface area (Å²) in [5, 5.41) is 11.7. The molecule has 2 saturated carbocycles. The number of amides is 2. The SMILES string of the molecule is O=C(N[C@@H]1CCCN(C(=O)c2cnn(C3CC3)c2)C1)c1cnn(C2CC2)c1. The third kappa shape index (κ3) is 3.48. The molecule has 0 aromatic carbocycles. The lowest BCUT2D eigenvalue weighted by Crippen LogP contribution is -2.49. The Hall–Kier alpha value is -2.64. The lowest BCUT2D eigenvalue weighted by atomic mass is 10.0. The van der Waals surface area contributed by atoms with E-state index in [1.54, 1.807) is 12.4 Å². The number of piperidine rings is 1. The molecular weight excluding hydrogens is 344 g/mol. The van der Waals surface area contributed by atoms with Gasteiger partial charge in [-0.1, -0.05) is 0 Å². The zero-order chi connectivity index (χ0) is 18.4. The molecule has 142 valence electrons. The second-order valence-electron chi connectivity index (χ2n) is 7.94. The Bertz CT molecular complexity index is 863. The van der Waals surface area contributed by atoms with Gasteiger partial charge >= 0.3 is 0 Å². The fourth-order valence-corrected chi connectivity index (χ4v) is 3.71. The maximum absolute atomic E-state index is 12.8. The van der Waals surface area contributed by atoms with E-state index in [0.29, 0.717) is 29.8 Å². The topological polar surface area (TPSA) is 85.1 Å². The van der Waals surface area contributed by atoms with Crippen LogP contribution in [0.3, 0.4) is 0 Å². The lowest BCUT2D eigenvalue weighted by molar-refractivity contribution is 0.0676. The van der Waals surface area contributed by atoms with Gasteiger partial charge in [-0.3, -0.25) is 19.0 Å². The van der Waals surface area contributed by atoms with Gasteiger partial charge in [-0.2, -0.15) is 10.2 Å². The maximum atomic E-state index is 12.8. The molecule has 1 N–H and O–H groups in total. The average molecular weight is 368 g/mol. The van der Waals surface area contributed by atoms with Crippen molar-refractivity contribution >= 4 is 11.8 Å². The molecule has 0 bridgehead atoms. The number of nitrogens with one attached hydrogen (secondary N) is 1. The van der Waals surface area contributed by atoms with Crippen molar-refractivity contribution in [2.24, 2.45) is 0 Å². The standard InChI is InChI=1S/C19H24N6O2/c26-18(13-8-20-24(10-13)16-3-4-16)22-15-2-1-7-23(12-15)19(27)14-9-21-25(11-14)17-5-6-17/h8-11,15-17H,1-7,12H2,(H,22,26)/t15-/m1/s1. The maximum Gasteiger partial charge on any atom is 0.257 e. The second kappa shape index (κ2) is 6.51. The molecule has 2 aliphatic carbocycles. The number of carbonyl (C=O) groups is 2. The predicted molar refractivity (Wildman–Crippen MR) is 97.4 cm³/mol. The molecule has 2 amide bonds. The van der Waals surface area contributed by atoms with Crippen molar-refractivity contribution in [1.29, 1.82) is 0 Å². The molecule has 0 radical (unpaired) electrons. The highest BCUT2D eigenvalue weighted by Gasteiger charge is 2.29. The first kappa shape index (κ1) is 16.5. The minimum atomic E-state index is -0.109. The van der Waals surface area contributed by atoms with Crippen LogP contribution in [0.5, 0.6) is 0 Å². The summed E-state index contributed by atoms with van der Waals surface area (Å²) < 4.78 is 3.77. The van der Waals surface area contributed by atoms with Crippen molar-refractivity contribution in [2.75, 3.05) is 13.1 Å². The zero-order valence-electron chi connectivity index (χ0n) is 15.3. The van der Waals surface area contributed by atoms with Gasteiger partial charge in [0.2, 0.25) is 0 Å². The number of hydrogen-bond donors (Lipinski definition) is 1. The predicted octanol–water partition coefficient (Wildman–Crippen LogP) is 1.78. The number of carbonyl (C=O) groups excluding carboxylic acids is 2. The first-order valence-corrected chi connectivity index (χ1v) is 9.86. The van der Waals surface area contributed by atoms with Crippen molar-refractivity contribution in [3.05, 3.63) is 35.9 Å². The van der Waals surface area contributed by atoms with E-state index in [0.717, 1.165) is 45.1 Å². The van der Waals surface area contributed by atoms with Crippen LogP contribution in [0, 0.1) is 0 Å². The number of hydrogen-bond acceptors (Lipinski definition) is 4. The summed E-state index contributed by atoms with van der Waals surface area (Å²) in [5.74, 6) is -0.106. The first-order valence-electron chi connectivity index (χ1n) is 9.86. The summed E-state index contributed by atoms with van der Waals surface area (Å²) in [4.78, 5) is 27.1. The molecule has 0 spiro atoms. The monoisotopic (exact) mass is 368 g/mol. The Kier molecular flexibility index (Phi) is 3.98. The molecular formula is C19H24N6O2. The van der Waals surface area contributed by atoms with E-state index in [-0.39, 0.29) is 17.9 Å². The highest BCUT2D eigenvalue weighted by Crippen LogP contribution is 2.34. The fourth-order valence-electron chi connectivity index (χ4n) is 3.71. The molecule has 5 rings (SSSR count). The van der Waals surface area contributed by atoms with Crippen LogP contribution in [0.1, 0.15) is 71.3 Å². The first-order chi connectivity index (χ1) is 13.2. The Morgan fingerprint density at radius 2 is 1.56 bits per heavy atom. The van der Waals surface area contributed by atoms with Crippen molar-refractivity contribution in [3.8, 4) is 0 Å². The van der Waals surface area contributed by atoms with Crippen LogP contribution in [0.4, 0.5) is 0 Å². The van der Waals surface area contributed by atoms with Crippen LogP contribution in [0.25, 0.3) is 0 Å². The van der Waals surface area contributed by atoms with E-state index < -0.39 is 0 Å². The van der Waals surface area contributed by atoms with Crippen molar-refractivity contribution < 1.29 is 9.59 Å². The molecule has 3 heterocycles. The summed E-state index contributed by atoms with van der Waals surface area (Å²) >= 11 is 0. The van der Waals surface area contributed by atoms with E-state index in [9.17, 15) is 9.59 Å². The number of nitrogens with zero attached hydrogens (tertiary/aromatic N) is 5. The minimum Gasteiger partial charge on any atom is -0.347 e. The fraction of sp³-hybridized carbons (Fsp3) is 0.579. The highest BCUT2D eigenvalue weighted by molar-refractivity contribution is 5.95. The Balaban J connectivity index is 1.20. The molecule has 1 atom stereocenters. The molecule has 3 aliphatic rings. The van der Waals surface area contributed by atoms with Gasteiger partial charge in [0, 0.05) is 31.5 Å². The van der Waals surface area contributed by atoms with Crippen molar-refractivity contribution in [1.82, 2.24) is 29.8 Å². The van der Waals surface area contributed by atoms with Crippen LogP contribution < -0.4 is 5.32 Å². The Morgan fingerprint density at radius 3 is 2.22 bits per heavy atom. The summed E-state index contributed by atoms with van der Waals surface area (Å²) in [6.07, 6.45) is 13.3. The summed E-state index contributed by atoms with van der Waals surface area (Å²) in [6.45, 7) is 1.26. The van der Waals surface area contributed by atoms with Crippen molar-refractivity contribution in [2.45, 2.75) is 56.7 Å². The van der Waals surface area contributed by atoms with E-state index in [4.69, 9.17) is 0 Å².